The van der Waals surface area contributed by atoms with Crippen molar-refractivity contribution in [2.75, 3.05) is 11.9 Å². The summed E-state index contributed by atoms with van der Waals surface area (Å²) in [4.78, 5) is 21.8. The molecular weight excluding hydrogens is 265 g/mol. The first-order valence-corrected chi connectivity index (χ1v) is 5.99. The third-order valence-electron chi connectivity index (χ3n) is 2.45. The fourth-order valence-electron chi connectivity index (χ4n) is 1.49. The monoisotopic (exact) mass is 279 g/mol. The number of nitriles is 1. The first kappa shape index (κ1) is 15.4. The van der Waals surface area contributed by atoms with Crippen LogP contribution < -0.4 is 10.6 Å². The van der Waals surface area contributed by atoms with Crippen LogP contribution in [0.25, 0.3) is 0 Å². The Morgan fingerprint density at radius 3 is 2.75 bits per heavy atom. The molecule has 0 fully saturated rings. The Balaban J connectivity index is 2.39. The summed E-state index contributed by atoms with van der Waals surface area (Å²) in [5.41, 5.74) is 0.253. The van der Waals surface area contributed by atoms with Gasteiger partial charge in [0.1, 0.15) is 11.9 Å². The molecule has 7 heteroatoms. The molecule has 0 bridgehead atoms. The summed E-state index contributed by atoms with van der Waals surface area (Å²) in [5, 5.41) is 22.2. The summed E-state index contributed by atoms with van der Waals surface area (Å²) >= 11 is 0. The second kappa shape index (κ2) is 7.74. The highest BCUT2D eigenvalue weighted by Gasteiger charge is 2.07. The summed E-state index contributed by atoms with van der Waals surface area (Å²) in [7, 11) is 0. The summed E-state index contributed by atoms with van der Waals surface area (Å²) < 4.78 is 12.9. The number of unbranched alkanes of at least 4 members (excludes halogenated alkanes) is 1. The van der Waals surface area contributed by atoms with Crippen molar-refractivity contribution in [2.45, 2.75) is 19.3 Å². The van der Waals surface area contributed by atoms with Crippen LogP contribution in [-0.4, -0.2) is 23.7 Å². The van der Waals surface area contributed by atoms with E-state index in [1.54, 1.807) is 6.07 Å². The zero-order chi connectivity index (χ0) is 15.0. The molecule has 20 heavy (non-hydrogen) atoms. The maximum Gasteiger partial charge on any atom is 0.319 e. The number of amides is 2. The number of nitrogens with zero attached hydrogens (tertiary/aromatic N) is 1. The Bertz CT molecular complexity index is 540. The number of carbonyl (C=O) groups excluding carboxylic acids is 1. The smallest absolute Gasteiger partial charge is 0.319 e. The highest BCUT2D eigenvalue weighted by atomic mass is 19.1. The average molecular weight is 279 g/mol. The van der Waals surface area contributed by atoms with Crippen molar-refractivity contribution in [1.82, 2.24) is 5.32 Å². The Morgan fingerprint density at radius 1 is 1.35 bits per heavy atom. The van der Waals surface area contributed by atoms with Crippen molar-refractivity contribution in [3.8, 4) is 6.07 Å². The number of benzene rings is 1. The zero-order valence-corrected chi connectivity index (χ0v) is 10.6. The lowest BCUT2D eigenvalue weighted by Crippen LogP contribution is -2.29. The van der Waals surface area contributed by atoms with Crippen molar-refractivity contribution in [3.63, 3.8) is 0 Å². The predicted molar refractivity (Wildman–Crippen MR) is 69.6 cm³/mol. The van der Waals surface area contributed by atoms with Gasteiger partial charge in [0.05, 0.1) is 11.3 Å². The fraction of sp³-hybridized carbons (Fsp3) is 0.308. The number of anilines is 1. The molecule has 0 aromatic heterocycles. The SMILES string of the molecule is N#Cc1cc(F)ccc1NC(=O)NCCCCC(=O)O. The van der Waals surface area contributed by atoms with Crippen molar-refractivity contribution >= 4 is 17.7 Å². The Labute approximate surface area is 115 Å². The molecule has 0 aliphatic heterocycles. The van der Waals surface area contributed by atoms with E-state index in [0.717, 1.165) is 12.1 Å². The van der Waals surface area contributed by atoms with E-state index in [4.69, 9.17) is 10.4 Å². The molecule has 0 heterocycles. The van der Waals surface area contributed by atoms with Gasteiger partial charge in [-0.05, 0) is 31.0 Å². The summed E-state index contributed by atoms with van der Waals surface area (Å²) in [6.45, 7) is 0.322. The number of carbonyl (C=O) groups is 2. The van der Waals surface area contributed by atoms with Crippen molar-refractivity contribution in [3.05, 3.63) is 29.6 Å². The highest BCUT2D eigenvalue weighted by molar-refractivity contribution is 5.90. The summed E-state index contributed by atoms with van der Waals surface area (Å²) in [6.07, 6.45) is 1.06. The average Bonchev–Trinajstić information content (AvgIpc) is 2.40. The van der Waals surface area contributed by atoms with Crippen LogP contribution in [0.15, 0.2) is 18.2 Å². The summed E-state index contributed by atoms with van der Waals surface area (Å²) in [6, 6.07) is 4.73. The van der Waals surface area contributed by atoms with Crippen LogP contribution in [-0.2, 0) is 4.79 Å². The van der Waals surface area contributed by atoms with Crippen LogP contribution >= 0.6 is 0 Å². The van der Waals surface area contributed by atoms with E-state index in [0.29, 0.717) is 19.4 Å². The Hall–Kier alpha value is -2.62. The number of hydrogen-bond donors (Lipinski definition) is 3. The molecule has 0 aliphatic carbocycles. The van der Waals surface area contributed by atoms with E-state index in [1.165, 1.54) is 6.07 Å². The fourth-order valence-corrected chi connectivity index (χ4v) is 1.49. The van der Waals surface area contributed by atoms with Crippen LogP contribution in [0.5, 0.6) is 0 Å². The van der Waals surface area contributed by atoms with E-state index < -0.39 is 17.8 Å². The van der Waals surface area contributed by atoms with Gasteiger partial charge in [0.25, 0.3) is 0 Å². The van der Waals surface area contributed by atoms with Crippen molar-refractivity contribution in [1.29, 1.82) is 5.26 Å². The molecule has 0 unspecified atom stereocenters. The molecule has 0 atom stereocenters. The van der Waals surface area contributed by atoms with E-state index in [-0.39, 0.29) is 17.7 Å². The first-order chi connectivity index (χ1) is 9.52. The second-order valence-electron chi connectivity index (χ2n) is 4.03. The largest absolute Gasteiger partial charge is 0.481 e. The molecule has 2 amide bonds. The number of aliphatic carboxylic acids is 1. The van der Waals surface area contributed by atoms with E-state index in [9.17, 15) is 14.0 Å². The molecule has 3 N–H and O–H groups in total. The van der Waals surface area contributed by atoms with E-state index in [2.05, 4.69) is 10.6 Å². The lowest BCUT2D eigenvalue weighted by Gasteiger charge is -2.08. The number of halogens is 1. The minimum absolute atomic E-state index is 0.0334. The van der Waals surface area contributed by atoms with Crippen LogP contribution in [0.4, 0.5) is 14.9 Å². The quantitative estimate of drug-likeness (QED) is 0.693. The third-order valence-corrected chi connectivity index (χ3v) is 2.45. The number of carboxylic acid groups (broad SMARTS) is 1. The second-order valence-corrected chi connectivity index (χ2v) is 4.03. The third kappa shape index (κ3) is 5.35. The van der Waals surface area contributed by atoms with Gasteiger partial charge in [0.15, 0.2) is 0 Å². The topological polar surface area (TPSA) is 102 Å². The highest BCUT2D eigenvalue weighted by Crippen LogP contribution is 2.15. The number of nitrogens with one attached hydrogen (secondary N) is 2. The molecular formula is C13H14FN3O3. The van der Waals surface area contributed by atoms with Crippen LogP contribution in [0.2, 0.25) is 0 Å². The van der Waals surface area contributed by atoms with Crippen molar-refractivity contribution < 1.29 is 19.1 Å². The minimum Gasteiger partial charge on any atom is -0.481 e. The van der Waals surface area contributed by atoms with Gasteiger partial charge in [-0.15, -0.1) is 0 Å². The molecule has 0 saturated heterocycles. The van der Waals surface area contributed by atoms with Crippen LogP contribution in [0.3, 0.4) is 0 Å². The van der Waals surface area contributed by atoms with Crippen molar-refractivity contribution in [2.24, 2.45) is 0 Å². The molecule has 1 aromatic rings. The van der Waals surface area contributed by atoms with Gasteiger partial charge in [-0.2, -0.15) is 5.26 Å². The van der Waals surface area contributed by atoms with E-state index >= 15 is 0 Å². The van der Waals surface area contributed by atoms with Gasteiger partial charge in [0.2, 0.25) is 0 Å². The maximum absolute atomic E-state index is 12.9. The van der Waals surface area contributed by atoms with Gasteiger partial charge in [-0.3, -0.25) is 4.79 Å². The molecule has 0 aliphatic rings. The van der Waals surface area contributed by atoms with Crippen LogP contribution in [0.1, 0.15) is 24.8 Å². The van der Waals surface area contributed by atoms with Gasteiger partial charge in [-0.25, -0.2) is 9.18 Å². The van der Waals surface area contributed by atoms with Crippen LogP contribution in [0, 0.1) is 17.1 Å². The van der Waals surface area contributed by atoms with Gasteiger partial charge in [-0.1, -0.05) is 0 Å². The summed E-state index contributed by atoms with van der Waals surface area (Å²) in [5.74, 6) is -1.43. The predicted octanol–water partition coefficient (Wildman–Crippen LogP) is 2.07. The maximum atomic E-state index is 12.9. The molecule has 0 radical (unpaired) electrons. The zero-order valence-electron chi connectivity index (χ0n) is 10.6. The normalized spacial score (nSPS) is 9.60. The van der Waals surface area contributed by atoms with Gasteiger partial charge < -0.3 is 15.7 Å². The molecule has 106 valence electrons. The molecule has 0 spiro atoms. The molecule has 1 aromatic carbocycles. The molecule has 1 rings (SSSR count). The number of carboxylic acids is 1. The number of rotatable bonds is 6. The standard InChI is InChI=1S/C13H14FN3O3/c14-10-4-5-11(9(7-10)8-15)17-13(20)16-6-2-1-3-12(18)19/h4-5,7H,1-3,6H2,(H,18,19)(H2,16,17,20). The minimum atomic E-state index is -0.876. The Morgan fingerprint density at radius 2 is 2.10 bits per heavy atom. The molecule has 6 nitrogen and oxygen atoms in total. The Kier molecular flexibility index (Phi) is 5.97. The first-order valence-electron chi connectivity index (χ1n) is 5.99. The lowest BCUT2D eigenvalue weighted by atomic mass is 10.2. The molecule has 0 saturated carbocycles. The number of urea groups is 1. The van der Waals surface area contributed by atoms with E-state index in [1.807, 2.05) is 0 Å². The van der Waals surface area contributed by atoms with Gasteiger partial charge in [0, 0.05) is 13.0 Å². The number of hydrogen-bond acceptors (Lipinski definition) is 3. The van der Waals surface area contributed by atoms with Gasteiger partial charge >= 0.3 is 12.0 Å². The lowest BCUT2D eigenvalue weighted by molar-refractivity contribution is -0.137.